The lowest BCUT2D eigenvalue weighted by atomic mass is 10.1. The fourth-order valence-electron chi connectivity index (χ4n) is 4.02. The molecular formula is C22H27N7O. The van der Waals surface area contributed by atoms with Gasteiger partial charge in [0.05, 0.1) is 6.54 Å². The molecule has 3 aromatic rings. The van der Waals surface area contributed by atoms with Crippen LogP contribution < -0.4 is 0 Å². The summed E-state index contributed by atoms with van der Waals surface area (Å²) in [5.41, 5.74) is 2.17. The highest BCUT2D eigenvalue weighted by Crippen LogP contribution is 2.18. The zero-order valence-electron chi connectivity index (χ0n) is 17.3. The molecule has 0 aliphatic carbocycles. The van der Waals surface area contributed by atoms with E-state index in [0.29, 0.717) is 25.3 Å². The van der Waals surface area contributed by atoms with Crippen LogP contribution >= 0.6 is 0 Å². The number of carbonyl (C=O) groups is 1. The van der Waals surface area contributed by atoms with E-state index in [1.807, 2.05) is 29.6 Å². The van der Waals surface area contributed by atoms with Gasteiger partial charge in [0.25, 0.3) is 0 Å². The van der Waals surface area contributed by atoms with Crippen molar-refractivity contribution in [1.29, 1.82) is 0 Å². The Morgan fingerprint density at radius 3 is 2.77 bits per heavy atom. The lowest BCUT2D eigenvalue weighted by Crippen LogP contribution is -2.38. The molecule has 0 bridgehead atoms. The SMILES string of the molecule is CN(Cc1cccnc1)CC1CN(C(=O)CCc2cncnc2)Cc2nccn2C1. The van der Waals surface area contributed by atoms with Gasteiger partial charge >= 0.3 is 0 Å². The summed E-state index contributed by atoms with van der Waals surface area (Å²) in [7, 11) is 2.12. The smallest absolute Gasteiger partial charge is 0.223 e. The molecule has 8 heteroatoms. The third-order valence-corrected chi connectivity index (χ3v) is 5.41. The molecule has 1 amide bonds. The van der Waals surface area contributed by atoms with Crippen molar-refractivity contribution in [2.24, 2.45) is 5.92 Å². The predicted octanol–water partition coefficient (Wildman–Crippen LogP) is 1.79. The maximum Gasteiger partial charge on any atom is 0.223 e. The number of hydrogen-bond donors (Lipinski definition) is 0. The molecule has 0 radical (unpaired) electrons. The lowest BCUT2D eigenvalue weighted by molar-refractivity contribution is -0.132. The van der Waals surface area contributed by atoms with Gasteiger partial charge in [-0.1, -0.05) is 6.07 Å². The van der Waals surface area contributed by atoms with Crippen LogP contribution in [-0.4, -0.2) is 60.3 Å². The number of nitrogens with zero attached hydrogens (tertiary/aromatic N) is 7. The van der Waals surface area contributed by atoms with Crippen LogP contribution in [0.2, 0.25) is 0 Å². The molecule has 1 atom stereocenters. The van der Waals surface area contributed by atoms with Crippen LogP contribution in [0.4, 0.5) is 0 Å². The summed E-state index contributed by atoms with van der Waals surface area (Å²) in [6.07, 6.45) is 13.7. The molecule has 4 rings (SSSR count). The summed E-state index contributed by atoms with van der Waals surface area (Å²) in [4.78, 5) is 34.0. The van der Waals surface area contributed by atoms with Crippen LogP contribution in [0.5, 0.6) is 0 Å². The minimum atomic E-state index is 0.148. The van der Waals surface area contributed by atoms with E-state index >= 15 is 0 Å². The van der Waals surface area contributed by atoms with Crippen molar-refractivity contribution in [3.05, 3.63) is 72.6 Å². The van der Waals surface area contributed by atoms with E-state index in [0.717, 1.165) is 37.6 Å². The third kappa shape index (κ3) is 5.27. The largest absolute Gasteiger partial charge is 0.335 e. The van der Waals surface area contributed by atoms with Gasteiger partial charge in [-0.25, -0.2) is 15.0 Å². The van der Waals surface area contributed by atoms with E-state index in [1.54, 1.807) is 18.6 Å². The van der Waals surface area contributed by atoms with Crippen molar-refractivity contribution in [3.8, 4) is 0 Å². The van der Waals surface area contributed by atoms with Gasteiger partial charge in [0.2, 0.25) is 5.91 Å². The molecule has 0 saturated heterocycles. The summed E-state index contributed by atoms with van der Waals surface area (Å²) in [6.45, 7) is 3.87. The third-order valence-electron chi connectivity index (χ3n) is 5.41. The number of aryl methyl sites for hydroxylation is 1. The number of amides is 1. The number of imidazole rings is 1. The normalized spacial score (nSPS) is 16.3. The fraction of sp³-hybridized carbons (Fsp3) is 0.409. The molecule has 4 heterocycles. The number of aromatic nitrogens is 5. The number of pyridine rings is 1. The Morgan fingerprint density at radius 2 is 1.97 bits per heavy atom. The van der Waals surface area contributed by atoms with Crippen molar-refractivity contribution in [1.82, 2.24) is 34.3 Å². The number of hydrogen-bond acceptors (Lipinski definition) is 6. The van der Waals surface area contributed by atoms with Crippen molar-refractivity contribution >= 4 is 5.91 Å². The monoisotopic (exact) mass is 405 g/mol. The first-order valence-corrected chi connectivity index (χ1v) is 10.3. The molecule has 156 valence electrons. The Morgan fingerprint density at radius 1 is 1.13 bits per heavy atom. The van der Waals surface area contributed by atoms with Gasteiger partial charge in [0.1, 0.15) is 12.2 Å². The van der Waals surface area contributed by atoms with E-state index in [1.165, 1.54) is 11.9 Å². The van der Waals surface area contributed by atoms with Crippen LogP contribution in [0.1, 0.15) is 23.4 Å². The summed E-state index contributed by atoms with van der Waals surface area (Å²) < 4.78 is 2.18. The van der Waals surface area contributed by atoms with Crippen molar-refractivity contribution < 1.29 is 4.79 Å². The second-order valence-electron chi connectivity index (χ2n) is 7.94. The summed E-state index contributed by atoms with van der Waals surface area (Å²) >= 11 is 0. The van der Waals surface area contributed by atoms with Crippen LogP contribution in [-0.2, 0) is 30.8 Å². The van der Waals surface area contributed by atoms with Crippen molar-refractivity contribution in [2.75, 3.05) is 20.1 Å². The highest BCUT2D eigenvalue weighted by atomic mass is 16.2. The average molecular weight is 406 g/mol. The first-order chi connectivity index (χ1) is 14.7. The van der Waals surface area contributed by atoms with E-state index in [-0.39, 0.29) is 5.91 Å². The molecule has 1 aliphatic heterocycles. The lowest BCUT2D eigenvalue weighted by Gasteiger charge is -2.27. The van der Waals surface area contributed by atoms with E-state index < -0.39 is 0 Å². The number of carbonyl (C=O) groups excluding carboxylic acids is 1. The topological polar surface area (TPSA) is 80.0 Å². The zero-order chi connectivity index (χ0) is 20.8. The number of rotatable bonds is 7. The first kappa shape index (κ1) is 20.2. The van der Waals surface area contributed by atoms with Gasteiger partial charge in [-0.2, -0.15) is 0 Å². The number of fused-ring (bicyclic) bond motifs is 1. The predicted molar refractivity (Wildman–Crippen MR) is 112 cm³/mol. The molecule has 0 aromatic carbocycles. The Labute approximate surface area is 176 Å². The molecule has 0 N–H and O–H groups in total. The van der Waals surface area contributed by atoms with E-state index in [2.05, 4.69) is 42.5 Å². The van der Waals surface area contributed by atoms with Crippen LogP contribution in [0.25, 0.3) is 0 Å². The highest BCUT2D eigenvalue weighted by molar-refractivity contribution is 5.76. The molecule has 30 heavy (non-hydrogen) atoms. The molecule has 0 saturated carbocycles. The molecule has 3 aromatic heterocycles. The average Bonchev–Trinajstić information content (AvgIpc) is 3.12. The minimum absolute atomic E-state index is 0.148. The minimum Gasteiger partial charge on any atom is -0.335 e. The van der Waals surface area contributed by atoms with E-state index in [9.17, 15) is 4.79 Å². The molecule has 0 spiro atoms. The zero-order valence-corrected chi connectivity index (χ0v) is 17.3. The van der Waals surface area contributed by atoms with Gasteiger partial charge in [0, 0.05) is 75.7 Å². The summed E-state index contributed by atoms with van der Waals surface area (Å²) in [5.74, 6) is 1.42. The maximum absolute atomic E-state index is 13.0. The quantitative estimate of drug-likeness (QED) is 0.596. The van der Waals surface area contributed by atoms with Gasteiger partial charge in [-0.3, -0.25) is 9.78 Å². The van der Waals surface area contributed by atoms with Crippen molar-refractivity contribution in [3.63, 3.8) is 0 Å². The van der Waals surface area contributed by atoms with Crippen LogP contribution in [0.15, 0.2) is 55.6 Å². The Kier molecular flexibility index (Phi) is 6.44. The maximum atomic E-state index is 13.0. The Balaban J connectivity index is 1.40. The summed E-state index contributed by atoms with van der Waals surface area (Å²) in [6, 6.07) is 4.05. The molecule has 0 fully saturated rings. The standard InChI is InChI=1S/C22H27N7O/c1-27(12-19-3-2-6-23-11-19)13-20-14-28-8-7-26-21(28)16-29(15-20)22(30)5-4-18-9-24-17-25-10-18/h2-3,6-11,17,20H,4-5,12-16H2,1H3. The Hall–Kier alpha value is -3.13. The van der Waals surface area contributed by atoms with Crippen LogP contribution in [0, 0.1) is 5.92 Å². The first-order valence-electron chi connectivity index (χ1n) is 10.3. The van der Waals surface area contributed by atoms with E-state index in [4.69, 9.17) is 0 Å². The van der Waals surface area contributed by atoms with Gasteiger partial charge in [0.15, 0.2) is 0 Å². The fourth-order valence-corrected chi connectivity index (χ4v) is 4.02. The van der Waals surface area contributed by atoms with Crippen LogP contribution in [0.3, 0.4) is 0 Å². The van der Waals surface area contributed by atoms with Gasteiger partial charge in [-0.05, 0) is 30.7 Å². The highest BCUT2D eigenvalue weighted by Gasteiger charge is 2.26. The van der Waals surface area contributed by atoms with Gasteiger partial charge < -0.3 is 14.4 Å². The second-order valence-corrected chi connectivity index (χ2v) is 7.94. The Bertz CT molecular complexity index is 944. The van der Waals surface area contributed by atoms with Crippen molar-refractivity contribution in [2.45, 2.75) is 32.5 Å². The summed E-state index contributed by atoms with van der Waals surface area (Å²) in [5, 5.41) is 0. The molecular weight excluding hydrogens is 378 g/mol. The molecule has 1 aliphatic rings. The second kappa shape index (κ2) is 9.58. The molecule has 1 unspecified atom stereocenters. The van der Waals surface area contributed by atoms with Gasteiger partial charge in [-0.15, -0.1) is 0 Å². The molecule has 8 nitrogen and oxygen atoms in total.